The first-order valence-electron chi connectivity index (χ1n) is 7.71. The van der Waals surface area contributed by atoms with Crippen molar-refractivity contribution in [1.29, 1.82) is 0 Å². The highest BCUT2D eigenvalue weighted by atomic mass is 16.5. The van der Waals surface area contributed by atoms with Gasteiger partial charge in [-0.2, -0.15) is 0 Å². The molecule has 2 rings (SSSR count). The van der Waals surface area contributed by atoms with Crippen molar-refractivity contribution < 1.29 is 9.05 Å². The van der Waals surface area contributed by atoms with Crippen LogP contribution >= 0.6 is 0 Å². The first-order valence-corrected chi connectivity index (χ1v) is 7.71. The summed E-state index contributed by atoms with van der Waals surface area (Å²) < 4.78 is 11.0. The summed E-state index contributed by atoms with van der Waals surface area (Å²) in [5.41, 5.74) is 4.11. The standard InChI is InChI=1S/C16H24N2O2/c1-5-9-13-11(7-3)15(17-19-13)16-12(8-4)14(10-6-2)20-18-16/h5-10H2,1-4H3. The molecule has 2 aromatic rings. The van der Waals surface area contributed by atoms with Gasteiger partial charge in [-0.25, -0.2) is 0 Å². The zero-order chi connectivity index (χ0) is 14.5. The number of rotatable bonds is 7. The Hall–Kier alpha value is -1.58. The van der Waals surface area contributed by atoms with Gasteiger partial charge in [-0.05, 0) is 25.7 Å². The maximum absolute atomic E-state index is 5.52. The molecule has 4 nitrogen and oxygen atoms in total. The maximum atomic E-state index is 5.52. The molecule has 110 valence electrons. The predicted octanol–water partition coefficient (Wildman–Crippen LogP) is 4.36. The average Bonchev–Trinajstić information content (AvgIpc) is 3.02. The molecule has 0 radical (unpaired) electrons. The molecule has 4 heteroatoms. The van der Waals surface area contributed by atoms with Crippen molar-refractivity contribution >= 4 is 0 Å². The van der Waals surface area contributed by atoms with E-state index in [0.29, 0.717) is 0 Å². The third kappa shape index (κ3) is 2.65. The van der Waals surface area contributed by atoms with Crippen molar-refractivity contribution in [2.75, 3.05) is 0 Å². The van der Waals surface area contributed by atoms with Gasteiger partial charge < -0.3 is 9.05 Å². The van der Waals surface area contributed by atoms with E-state index in [1.165, 1.54) is 11.1 Å². The fourth-order valence-corrected chi connectivity index (χ4v) is 2.63. The lowest BCUT2D eigenvalue weighted by Gasteiger charge is -2.00. The molecule has 0 aromatic carbocycles. The molecule has 0 N–H and O–H groups in total. The summed E-state index contributed by atoms with van der Waals surface area (Å²) in [4.78, 5) is 0. The molecule has 0 aliphatic rings. The molecule has 0 aliphatic heterocycles. The van der Waals surface area contributed by atoms with Gasteiger partial charge >= 0.3 is 0 Å². The lowest BCUT2D eigenvalue weighted by atomic mass is 10.0. The Morgan fingerprint density at radius 3 is 1.40 bits per heavy atom. The summed E-state index contributed by atoms with van der Waals surface area (Å²) in [6, 6.07) is 0. The minimum atomic E-state index is 0.874. The van der Waals surface area contributed by atoms with Crippen LogP contribution in [0.25, 0.3) is 11.4 Å². The van der Waals surface area contributed by atoms with Crippen molar-refractivity contribution in [2.24, 2.45) is 0 Å². The summed E-state index contributed by atoms with van der Waals surface area (Å²) in [7, 11) is 0. The molecular weight excluding hydrogens is 252 g/mol. The Balaban J connectivity index is 2.45. The smallest absolute Gasteiger partial charge is 0.140 e. The van der Waals surface area contributed by atoms with Gasteiger partial charge in [-0.15, -0.1) is 0 Å². The highest BCUT2D eigenvalue weighted by Crippen LogP contribution is 2.31. The van der Waals surface area contributed by atoms with Crippen LogP contribution in [0, 0.1) is 0 Å². The van der Waals surface area contributed by atoms with Crippen LogP contribution in [0.4, 0.5) is 0 Å². The van der Waals surface area contributed by atoms with Gasteiger partial charge in [0, 0.05) is 24.0 Å². The van der Waals surface area contributed by atoms with Gasteiger partial charge in [-0.3, -0.25) is 0 Å². The second-order valence-corrected chi connectivity index (χ2v) is 5.07. The normalized spacial score (nSPS) is 11.2. The Kier molecular flexibility index (Phi) is 4.99. The SMILES string of the molecule is CCCc1onc(-c2noc(CCC)c2CC)c1CC. The van der Waals surface area contributed by atoms with E-state index >= 15 is 0 Å². The lowest BCUT2D eigenvalue weighted by molar-refractivity contribution is 0.375. The Morgan fingerprint density at radius 2 is 1.10 bits per heavy atom. The van der Waals surface area contributed by atoms with Crippen LogP contribution in [0.5, 0.6) is 0 Å². The monoisotopic (exact) mass is 276 g/mol. The predicted molar refractivity (Wildman–Crippen MR) is 78.7 cm³/mol. The number of aryl methyl sites for hydroxylation is 2. The molecule has 2 aromatic heterocycles. The Bertz CT molecular complexity index is 505. The molecule has 0 spiro atoms. The lowest BCUT2D eigenvalue weighted by Crippen LogP contribution is -1.94. The first-order chi connectivity index (χ1) is 9.76. The topological polar surface area (TPSA) is 52.1 Å². The summed E-state index contributed by atoms with van der Waals surface area (Å²) in [5, 5.41) is 8.52. The van der Waals surface area contributed by atoms with Crippen LogP contribution in [0.15, 0.2) is 9.05 Å². The minimum Gasteiger partial charge on any atom is -0.360 e. The van der Waals surface area contributed by atoms with E-state index in [9.17, 15) is 0 Å². The van der Waals surface area contributed by atoms with Crippen molar-refractivity contribution in [3.63, 3.8) is 0 Å². The van der Waals surface area contributed by atoms with Gasteiger partial charge in [0.05, 0.1) is 0 Å². The Labute approximate surface area is 120 Å². The first kappa shape index (κ1) is 14.8. The van der Waals surface area contributed by atoms with Crippen LogP contribution < -0.4 is 0 Å². The highest BCUT2D eigenvalue weighted by Gasteiger charge is 2.23. The largest absolute Gasteiger partial charge is 0.360 e. The quantitative estimate of drug-likeness (QED) is 0.754. The van der Waals surface area contributed by atoms with Crippen LogP contribution in [-0.4, -0.2) is 10.3 Å². The van der Waals surface area contributed by atoms with E-state index in [4.69, 9.17) is 9.05 Å². The fourth-order valence-electron chi connectivity index (χ4n) is 2.63. The second-order valence-electron chi connectivity index (χ2n) is 5.07. The summed E-state index contributed by atoms with van der Waals surface area (Å²) in [5.74, 6) is 1.99. The molecule has 0 atom stereocenters. The van der Waals surface area contributed by atoms with Crippen molar-refractivity contribution in [3.8, 4) is 11.4 Å². The number of hydrogen-bond donors (Lipinski definition) is 0. The van der Waals surface area contributed by atoms with Gasteiger partial charge in [0.25, 0.3) is 0 Å². The molecule has 0 saturated carbocycles. The molecule has 0 unspecified atom stereocenters. The summed E-state index contributed by atoms with van der Waals surface area (Å²) in [6.45, 7) is 8.56. The molecule has 0 saturated heterocycles. The number of hydrogen-bond acceptors (Lipinski definition) is 4. The van der Waals surface area contributed by atoms with E-state index in [1.807, 2.05) is 0 Å². The molecule has 0 aliphatic carbocycles. The van der Waals surface area contributed by atoms with Gasteiger partial charge in [0.2, 0.25) is 0 Å². The van der Waals surface area contributed by atoms with Gasteiger partial charge in [0.15, 0.2) is 0 Å². The van der Waals surface area contributed by atoms with E-state index in [2.05, 4.69) is 38.0 Å². The minimum absolute atomic E-state index is 0.874. The highest BCUT2D eigenvalue weighted by molar-refractivity contribution is 5.63. The van der Waals surface area contributed by atoms with Crippen LogP contribution in [0.3, 0.4) is 0 Å². The number of aromatic nitrogens is 2. The maximum Gasteiger partial charge on any atom is 0.140 e. The third-order valence-corrected chi connectivity index (χ3v) is 3.62. The number of nitrogens with zero attached hydrogens (tertiary/aromatic N) is 2. The molecule has 0 fully saturated rings. The van der Waals surface area contributed by atoms with E-state index < -0.39 is 0 Å². The third-order valence-electron chi connectivity index (χ3n) is 3.62. The van der Waals surface area contributed by atoms with Crippen LogP contribution in [-0.2, 0) is 25.7 Å². The van der Waals surface area contributed by atoms with E-state index in [-0.39, 0.29) is 0 Å². The van der Waals surface area contributed by atoms with Crippen molar-refractivity contribution in [2.45, 2.75) is 66.2 Å². The second kappa shape index (κ2) is 6.73. The zero-order valence-corrected chi connectivity index (χ0v) is 13.0. The molecule has 20 heavy (non-hydrogen) atoms. The summed E-state index contributed by atoms with van der Waals surface area (Å²) in [6.07, 6.45) is 5.79. The molecular formula is C16H24N2O2. The Morgan fingerprint density at radius 1 is 0.700 bits per heavy atom. The zero-order valence-electron chi connectivity index (χ0n) is 13.0. The van der Waals surface area contributed by atoms with Gasteiger partial charge in [-0.1, -0.05) is 38.0 Å². The van der Waals surface area contributed by atoms with E-state index in [1.54, 1.807) is 0 Å². The fraction of sp³-hybridized carbons (Fsp3) is 0.625. The van der Waals surface area contributed by atoms with Gasteiger partial charge in [0.1, 0.15) is 22.9 Å². The summed E-state index contributed by atoms with van der Waals surface area (Å²) >= 11 is 0. The molecule has 2 heterocycles. The van der Waals surface area contributed by atoms with Crippen LogP contribution in [0.2, 0.25) is 0 Å². The average molecular weight is 276 g/mol. The van der Waals surface area contributed by atoms with E-state index in [0.717, 1.165) is 61.4 Å². The van der Waals surface area contributed by atoms with Crippen LogP contribution in [0.1, 0.15) is 63.2 Å². The van der Waals surface area contributed by atoms with Crippen molar-refractivity contribution in [1.82, 2.24) is 10.3 Å². The van der Waals surface area contributed by atoms with Crippen molar-refractivity contribution in [3.05, 3.63) is 22.6 Å². The molecule has 0 bridgehead atoms. The molecule has 0 amide bonds.